The lowest BCUT2D eigenvalue weighted by Gasteiger charge is -2.17. The number of fused-ring (bicyclic) bond motifs is 1. The molecule has 8 nitrogen and oxygen atoms in total. The Bertz CT molecular complexity index is 1010. The Morgan fingerprint density at radius 1 is 1.21 bits per heavy atom. The highest BCUT2D eigenvalue weighted by molar-refractivity contribution is 7.86. The molecule has 150 valence electrons. The zero-order valence-corrected chi connectivity index (χ0v) is 16.5. The monoisotopic (exact) mass is 405 g/mol. The molecule has 0 radical (unpaired) electrons. The van der Waals surface area contributed by atoms with Gasteiger partial charge in [-0.25, -0.2) is 0 Å². The van der Waals surface area contributed by atoms with E-state index in [0.29, 0.717) is 13.1 Å². The molecule has 4 rings (SSSR count). The molecular weight excluding hydrogens is 382 g/mol. The van der Waals surface area contributed by atoms with Gasteiger partial charge in [-0.2, -0.15) is 13.4 Å². The Labute approximate surface area is 163 Å². The van der Waals surface area contributed by atoms with E-state index >= 15 is 0 Å². The van der Waals surface area contributed by atoms with Crippen molar-refractivity contribution in [3.8, 4) is 6.01 Å². The van der Waals surface area contributed by atoms with E-state index < -0.39 is 16.2 Å². The van der Waals surface area contributed by atoms with Crippen LogP contribution in [0, 0.1) is 6.92 Å². The minimum atomic E-state index is -3.87. The van der Waals surface area contributed by atoms with Gasteiger partial charge in [-0.05, 0) is 45.0 Å². The molecule has 2 aliphatic rings. The van der Waals surface area contributed by atoms with Gasteiger partial charge in [0, 0.05) is 18.3 Å². The number of nitrogens with zero attached hydrogens (tertiary/aromatic N) is 3. The Balaban J connectivity index is 1.44. The highest BCUT2D eigenvalue weighted by atomic mass is 32.2. The topological polar surface area (TPSA) is 90.7 Å². The number of aryl methyl sites for hydroxylation is 1. The predicted molar refractivity (Wildman–Crippen MR) is 102 cm³/mol. The first-order valence-corrected chi connectivity index (χ1v) is 10.8. The van der Waals surface area contributed by atoms with Gasteiger partial charge >= 0.3 is 0 Å². The Hall–Kier alpha value is -2.23. The molecule has 9 heteroatoms. The molecule has 28 heavy (non-hydrogen) atoms. The van der Waals surface area contributed by atoms with E-state index in [9.17, 15) is 13.2 Å². The molecule has 0 aliphatic carbocycles. The van der Waals surface area contributed by atoms with Crippen LogP contribution in [0.25, 0.3) is 0 Å². The van der Waals surface area contributed by atoms with Crippen LogP contribution in [0.2, 0.25) is 0 Å². The fourth-order valence-corrected chi connectivity index (χ4v) is 4.47. The molecule has 0 saturated carbocycles. The number of benzene rings is 1. The van der Waals surface area contributed by atoms with Gasteiger partial charge < -0.3 is 4.74 Å². The molecule has 1 aromatic carbocycles. The van der Waals surface area contributed by atoms with Gasteiger partial charge in [-0.3, -0.25) is 18.4 Å². The maximum Gasteiger partial charge on any atom is 0.300 e. The van der Waals surface area contributed by atoms with Gasteiger partial charge in [0.2, 0.25) is 0 Å². The predicted octanol–water partition coefficient (Wildman–Crippen LogP) is 1.31. The smallest absolute Gasteiger partial charge is 0.300 e. The molecule has 0 bridgehead atoms. The molecule has 0 N–H and O–H groups in total. The van der Waals surface area contributed by atoms with E-state index in [4.69, 9.17) is 8.92 Å². The number of aromatic nitrogens is 2. The maximum atomic E-state index is 12.4. The van der Waals surface area contributed by atoms with E-state index in [1.54, 1.807) is 12.1 Å². The summed E-state index contributed by atoms with van der Waals surface area (Å²) in [5.41, 5.74) is 1.45. The summed E-state index contributed by atoms with van der Waals surface area (Å²) in [6.45, 7) is 4.81. The fraction of sp³-hybridized carbons (Fsp3) is 0.474. The molecule has 1 saturated heterocycles. The fourth-order valence-electron chi connectivity index (χ4n) is 3.53. The molecule has 0 spiro atoms. The zero-order valence-electron chi connectivity index (χ0n) is 15.7. The minimum absolute atomic E-state index is 0.107. The molecule has 1 atom stereocenters. The van der Waals surface area contributed by atoms with Crippen LogP contribution in [-0.2, 0) is 27.4 Å². The third-order valence-electron chi connectivity index (χ3n) is 5.03. The van der Waals surface area contributed by atoms with Gasteiger partial charge in [0.05, 0.1) is 11.4 Å². The van der Waals surface area contributed by atoms with Crippen LogP contribution in [0.5, 0.6) is 6.01 Å². The second kappa shape index (κ2) is 7.65. The average Bonchev–Trinajstić information content (AvgIpc) is 3.30. The van der Waals surface area contributed by atoms with Crippen LogP contribution in [0.1, 0.15) is 24.1 Å². The van der Waals surface area contributed by atoms with Crippen LogP contribution >= 0.6 is 0 Å². The highest BCUT2D eigenvalue weighted by Crippen LogP contribution is 2.23. The number of ether oxygens (including phenoxy) is 1. The summed E-state index contributed by atoms with van der Waals surface area (Å²) in [6, 6.07) is 8.23. The van der Waals surface area contributed by atoms with Crippen molar-refractivity contribution in [1.29, 1.82) is 0 Å². The van der Waals surface area contributed by atoms with Crippen LogP contribution in [0.3, 0.4) is 0 Å². The maximum absolute atomic E-state index is 12.4. The SMILES string of the molecule is Cc1ccc(S(=O)(=O)OCC2Cn3c(CN4CCCC4)cc(=O)nc3O2)cc1. The number of hydrogen-bond acceptors (Lipinski definition) is 7. The van der Waals surface area contributed by atoms with Crippen molar-refractivity contribution in [3.05, 3.63) is 51.9 Å². The third-order valence-corrected chi connectivity index (χ3v) is 6.33. The molecule has 1 fully saturated rings. The van der Waals surface area contributed by atoms with Crippen LogP contribution in [0.15, 0.2) is 40.0 Å². The van der Waals surface area contributed by atoms with E-state index in [1.807, 2.05) is 11.5 Å². The molecule has 3 heterocycles. The van der Waals surface area contributed by atoms with Gasteiger partial charge in [0.25, 0.3) is 21.7 Å². The summed E-state index contributed by atoms with van der Waals surface area (Å²) in [4.78, 5) is 18.2. The first kappa shape index (κ1) is 19.1. The van der Waals surface area contributed by atoms with Gasteiger partial charge in [-0.1, -0.05) is 17.7 Å². The van der Waals surface area contributed by atoms with Crippen molar-refractivity contribution in [3.63, 3.8) is 0 Å². The van der Waals surface area contributed by atoms with Gasteiger partial charge in [0.15, 0.2) is 0 Å². The molecular formula is C19H23N3O5S. The lowest BCUT2D eigenvalue weighted by atomic mass is 10.2. The molecule has 2 aromatic rings. The minimum Gasteiger partial charge on any atom is -0.457 e. The molecule has 1 unspecified atom stereocenters. The standard InChI is InChI=1S/C19H23N3O5S/c1-14-4-6-17(7-5-14)28(24,25)26-13-16-12-22-15(11-21-8-2-3-9-21)10-18(23)20-19(22)27-16/h4-7,10,16H,2-3,8-9,11-13H2,1H3. The average molecular weight is 405 g/mol. The van der Waals surface area contributed by atoms with E-state index in [1.165, 1.54) is 18.2 Å². The van der Waals surface area contributed by atoms with Gasteiger partial charge in [0.1, 0.15) is 12.7 Å². The second-order valence-electron chi connectivity index (χ2n) is 7.25. The van der Waals surface area contributed by atoms with Crippen LogP contribution in [0.4, 0.5) is 0 Å². The quantitative estimate of drug-likeness (QED) is 0.669. The van der Waals surface area contributed by atoms with Crippen LogP contribution < -0.4 is 10.3 Å². The normalized spacial score (nSPS) is 19.5. The number of rotatable bonds is 6. The summed E-state index contributed by atoms with van der Waals surface area (Å²) in [7, 11) is -3.87. The van der Waals surface area contributed by atoms with Crippen molar-refractivity contribution >= 4 is 10.1 Å². The first-order valence-electron chi connectivity index (χ1n) is 9.36. The Morgan fingerprint density at radius 2 is 1.93 bits per heavy atom. The van der Waals surface area contributed by atoms with Gasteiger partial charge in [-0.15, -0.1) is 0 Å². The summed E-state index contributed by atoms with van der Waals surface area (Å²) in [5, 5.41) is 0. The highest BCUT2D eigenvalue weighted by Gasteiger charge is 2.29. The van der Waals surface area contributed by atoms with E-state index in [2.05, 4.69) is 9.88 Å². The summed E-state index contributed by atoms with van der Waals surface area (Å²) in [6.07, 6.45) is 1.80. The summed E-state index contributed by atoms with van der Waals surface area (Å²) in [5.74, 6) is 0. The van der Waals surface area contributed by atoms with E-state index in [-0.39, 0.29) is 23.1 Å². The van der Waals surface area contributed by atoms with Crippen LogP contribution in [-0.4, -0.2) is 48.7 Å². The lowest BCUT2D eigenvalue weighted by Crippen LogP contribution is -2.25. The van der Waals surface area contributed by atoms with Crippen molar-refractivity contribution in [2.75, 3.05) is 19.7 Å². The number of hydrogen-bond donors (Lipinski definition) is 0. The second-order valence-corrected chi connectivity index (χ2v) is 8.87. The van der Waals surface area contributed by atoms with Crippen molar-refractivity contribution in [2.45, 2.75) is 43.9 Å². The largest absolute Gasteiger partial charge is 0.457 e. The Kier molecular flexibility index (Phi) is 5.22. The summed E-state index contributed by atoms with van der Waals surface area (Å²) >= 11 is 0. The molecule has 0 amide bonds. The van der Waals surface area contributed by atoms with Crippen molar-refractivity contribution < 1.29 is 17.3 Å². The lowest BCUT2D eigenvalue weighted by molar-refractivity contribution is 0.147. The number of likely N-dealkylation sites (tertiary alicyclic amines) is 1. The zero-order chi connectivity index (χ0) is 19.7. The summed E-state index contributed by atoms with van der Waals surface area (Å²) < 4.78 is 37.5. The Morgan fingerprint density at radius 3 is 2.64 bits per heavy atom. The van der Waals surface area contributed by atoms with E-state index in [0.717, 1.165) is 37.2 Å². The first-order chi connectivity index (χ1) is 13.4. The van der Waals surface area contributed by atoms with Crippen molar-refractivity contribution in [1.82, 2.24) is 14.5 Å². The molecule has 2 aliphatic heterocycles. The molecule has 1 aromatic heterocycles. The third kappa shape index (κ3) is 4.11. The van der Waals surface area contributed by atoms with Crippen molar-refractivity contribution in [2.24, 2.45) is 0 Å².